The molecule has 0 radical (unpaired) electrons. The van der Waals surface area contributed by atoms with E-state index in [0.717, 1.165) is 26.2 Å². The van der Waals surface area contributed by atoms with Crippen LogP contribution in [-0.4, -0.2) is 71.9 Å². The quantitative estimate of drug-likeness (QED) is 0.767. The van der Waals surface area contributed by atoms with E-state index in [1.54, 1.807) is 0 Å². The average Bonchev–Trinajstić information content (AvgIpc) is 3.16. The van der Waals surface area contributed by atoms with Crippen LogP contribution in [0.2, 0.25) is 0 Å². The first kappa shape index (κ1) is 16.2. The lowest BCUT2D eigenvalue weighted by atomic mass is 9.90. The third-order valence-electron chi connectivity index (χ3n) is 5.12. The van der Waals surface area contributed by atoms with Crippen LogP contribution >= 0.6 is 0 Å². The lowest BCUT2D eigenvalue weighted by Crippen LogP contribution is -2.65. The fourth-order valence-corrected chi connectivity index (χ4v) is 3.60. The standard InChI is InChI=1S/C16H33N3O/c1-13(2)17-16(12-20,14-6-7-14)11-19-9-8-18(5)15(3,4)10-19/h13-14,17,20H,6-12H2,1-5H3. The summed E-state index contributed by atoms with van der Waals surface area (Å²) in [6, 6.07) is 0.420. The summed E-state index contributed by atoms with van der Waals surface area (Å²) in [6.45, 7) is 13.5. The predicted molar refractivity (Wildman–Crippen MR) is 84.0 cm³/mol. The zero-order valence-electron chi connectivity index (χ0n) is 13.9. The van der Waals surface area contributed by atoms with Gasteiger partial charge in [0.15, 0.2) is 0 Å². The van der Waals surface area contributed by atoms with Crippen LogP contribution in [0.15, 0.2) is 0 Å². The van der Waals surface area contributed by atoms with E-state index < -0.39 is 0 Å². The Bertz CT molecular complexity index is 328. The lowest BCUT2D eigenvalue weighted by Gasteiger charge is -2.48. The SMILES string of the molecule is CC(C)NC(CO)(CN1CCN(C)C(C)(C)C1)C1CC1. The van der Waals surface area contributed by atoms with Gasteiger partial charge in [0.25, 0.3) is 0 Å². The van der Waals surface area contributed by atoms with Gasteiger partial charge in [-0.25, -0.2) is 0 Å². The van der Waals surface area contributed by atoms with Crippen molar-refractivity contribution in [3.05, 3.63) is 0 Å². The van der Waals surface area contributed by atoms with E-state index in [2.05, 4.69) is 49.9 Å². The number of piperazine rings is 1. The summed E-state index contributed by atoms with van der Waals surface area (Å²) >= 11 is 0. The van der Waals surface area contributed by atoms with Crippen LogP contribution < -0.4 is 5.32 Å². The normalized spacial score (nSPS) is 27.8. The minimum atomic E-state index is -0.0971. The van der Waals surface area contributed by atoms with Crippen molar-refractivity contribution < 1.29 is 5.11 Å². The number of rotatable bonds is 6. The maximum atomic E-state index is 10.0. The van der Waals surface area contributed by atoms with Gasteiger partial charge >= 0.3 is 0 Å². The molecule has 1 unspecified atom stereocenters. The Morgan fingerprint density at radius 3 is 2.40 bits per heavy atom. The van der Waals surface area contributed by atoms with Gasteiger partial charge in [-0.05, 0) is 39.7 Å². The van der Waals surface area contributed by atoms with E-state index in [1.807, 2.05) is 0 Å². The van der Waals surface area contributed by atoms with Crippen molar-refractivity contribution in [3.63, 3.8) is 0 Å². The predicted octanol–water partition coefficient (Wildman–Crippen LogP) is 1.15. The smallest absolute Gasteiger partial charge is 0.0628 e. The number of hydrogen-bond acceptors (Lipinski definition) is 4. The first-order chi connectivity index (χ1) is 9.29. The molecule has 0 aromatic carbocycles. The third kappa shape index (κ3) is 3.53. The van der Waals surface area contributed by atoms with Crippen molar-refractivity contribution in [2.45, 2.75) is 57.7 Å². The van der Waals surface area contributed by atoms with E-state index >= 15 is 0 Å². The molecule has 1 atom stereocenters. The molecule has 4 nitrogen and oxygen atoms in total. The third-order valence-corrected chi connectivity index (χ3v) is 5.12. The molecule has 1 saturated heterocycles. The summed E-state index contributed by atoms with van der Waals surface area (Å²) in [5, 5.41) is 13.7. The van der Waals surface area contributed by atoms with E-state index in [4.69, 9.17) is 0 Å². The maximum Gasteiger partial charge on any atom is 0.0628 e. The Hall–Kier alpha value is -0.160. The van der Waals surface area contributed by atoms with Gasteiger partial charge in [-0.2, -0.15) is 0 Å². The van der Waals surface area contributed by atoms with E-state index in [9.17, 15) is 5.11 Å². The van der Waals surface area contributed by atoms with Gasteiger partial charge in [0.2, 0.25) is 0 Å². The van der Waals surface area contributed by atoms with Crippen molar-refractivity contribution in [3.8, 4) is 0 Å². The second-order valence-electron chi connectivity index (χ2n) is 7.83. The Labute approximate surface area is 124 Å². The van der Waals surface area contributed by atoms with Crippen molar-refractivity contribution in [2.24, 2.45) is 5.92 Å². The fraction of sp³-hybridized carbons (Fsp3) is 1.00. The molecular weight excluding hydrogens is 250 g/mol. The molecule has 4 heteroatoms. The van der Waals surface area contributed by atoms with Crippen molar-refractivity contribution >= 4 is 0 Å². The van der Waals surface area contributed by atoms with Crippen LogP contribution in [0, 0.1) is 5.92 Å². The van der Waals surface area contributed by atoms with Crippen LogP contribution in [0.3, 0.4) is 0 Å². The highest BCUT2D eigenvalue weighted by Gasteiger charge is 2.47. The van der Waals surface area contributed by atoms with Gasteiger partial charge in [-0.15, -0.1) is 0 Å². The van der Waals surface area contributed by atoms with Gasteiger partial charge in [0.05, 0.1) is 12.1 Å². The summed E-state index contributed by atoms with van der Waals surface area (Å²) in [6.07, 6.45) is 2.52. The van der Waals surface area contributed by atoms with E-state index in [1.165, 1.54) is 12.8 Å². The Morgan fingerprint density at radius 2 is 1.95 bits per heavy atom. The van der Waals surface area contributed by atoms with Gasteiger partial charge < -0.3 is 10.4 Å². The summed E-state index contributed by atoms with van der Waals surface area (Å²) in [5.41, 5.74) is 0.126. The fourth-order valence-electron chi connectivity index (χ4n) is 3.60. The van der Waals surface area contributed by atoms with Crippen molar-refractivity contribution in [1.82, 2.24) is 15.1 Å². The van der Waals surface area contributed by atoms with Crippen LogP contribution in [0.25, 0.3) is 0 Å². The number of hydrogen-bond donors (Lipinski definition) is 2. The van der Waals surface area contributed by atoms with Crippen LogP contribution in [0.1, 0.15) is 40.5 Å². The Morgan fingerprint density at radius 1 is 1.30 bits per heavy atom. The Kier molecular flexibility index (Phi) is 4.80. The molecule has 20 heavy (non-hydrogen) atoms. The largest absolute Gasteiger partial charge is 0.394 e. The molecule has 0 bridgehead atoms. The van der Waals surface area contributed by atoms with Crippen molar-refractivity contribution in [1.29, 1.82) is 0 Å². The summed E-state index contributed by atoms with van der Waals surface area (Å²) < 4.78 is 0. The summed E-state index contributed by atoms with van der Waals surface area (Å²) in [4.78, 5) is 4.99. The average molecular weight is 283 g/mol. The second-order valence-corrected chi connectivity index (χ2v) is 7.83. The van der Waals surface area contributed by atoms with Crippen LogP contribution in [0.4, 0.5) is 0 Å². The zero-order valence-corrected chi connectivity index (χ0v) is 13.9. The van der Waals surface area contributed by atoms with E-state index in [0.29, 0.717) is 12.0 Å². The first-order valence-electron chi connectivity index (χ1n) is 8.11. The Balaban J connectivity index is 2.04. The van der Waals surface area contributed by atoms with Crippen molar-refractivity contribution in [2.75, 3.05) is 39.8 Å². The molecule has 2 rings (SSSR count). The first-order valence-corrected chi connectivity index (χ1v) is 8.11. The van der Waals surface area contributed by atoms with Crippen LogP contribution in [0.5, 0.6) is 0 Å². The maximum absolute atomic E-state index is 10.0. The molecule has 2 fully saturated rings. The van der Waals surface area contributed by atoms with Gasteiger partial charge in [-0.1, -0.05) is 13.8 Å². The molecule has 1 heterocycles. The highest BCUT2D eigenvalue weighted by Crippen LogP contribution is 2.40. The van der Waals surface area contributed by atoms with Gasteiger partial charge in [-0.3, -0.25) is 9.80 Å². The highest BCUT2D eigenvalue weighted by molar-refractivity contribution is 5.04. The van der Waals surface area contributed by atoms with E-state index in [-0.39, 0.29) is 17.7 Å². The molecule has 1 saturated carbocycles. The number of likely N-dealkylation sites (N-methyl/N-ethyl adjacent to an activating group) is 1. The molecule has 1 aliphatic carbocycles. The zero-order chi connectivity index (χ0) is 15.0. The number of nitrogens with one attached hydrogen (secondary N) is 1. The molecule has 0 spiro atoms. The topological polar surface area (TPSA) is 38.7 Å². The minimum Gasteiger partial charge on any atom is -0.394 e. The van der Waals surface area contributed by atoms with Gasteiger partial charge in [0, 0.05) is 37.8 Å². The molecule has 2 N–H and O–H groups in total. The molecule has 2 aliphatic rings. The second kappa shape index (κ2) is 5.91. The molecule has 0 aromatic rings. The molecule has 1 aliphatic heterocycles. The molecule has 118 valence electrons. The van der Waals surface area contributed by atoms with Gasteiger partial charge in [0.1, 0.15) is 0 Å². The molecule has 0 amide bonds. The number of aliphatic hydroxyl groups is 1. The molecule has 0 aromatic heterocycles. The molecular formula is C16H33N3O. The minimum absolute atomic E-state index is 0.0971. The summed E-state index contributed by atoms with van der Waals surface area (Å²) in [5.74, 6) is 0.651. The summed E-state index contributed by atoms with van der Waals surface area (Å²) in [7, 11) is 2.21. The highest BCUT2D eigenvalue weighted by atomic mass is 16.3. The number of aliphatic hydroxyl groups excluding tert-OH is 1. The van der Waals surface area contributed by atoms with Crippen LogP contribution in [-0.2, 0) is 0 Å². The number of nitrogens with zero attached hydrogens (tertiary/aromatic N) is 2. The lowest BCUT2D eigenvalue weighted by molar-refractivity contribution is 0.00699. The monoisotopic (exact) mass is 283 g/mol.